The molecule has 9 nitrogen and oxygen atoms in total. The van der Waals surface area contributed by atoms with E-state index in [0.717, 1.165) is 17.4 Å². The minimum Gasteiger partial charge on any atom is -0.495 e. The summed E-state index contributed by atoms with van der Waals surface area (Å²) in [5.74, 6) is -0.529. The highest BCUT2D eigenvalue weighted by Crippen LogP contribution is 2.39. The van der Waals surface area contributed by atoms with Crippen molar-refractivity contribution in [3.05, 3.63) is 83.2 Å². The SMILES string of the molecule is COc1cc(C2=CC3=NOC(C(=O)O)(c4cc(C)cc(F)c4)N3CCO2)ccc1-n1cnc(C)c1. The third-order valence-electron chi connectivity index (χ3n) is 5.94. The van der Waals surface area contributed by atoms with E-state index in [9.17, 15) is 14.3 Å². The van der Waals surface area contributed by atoms with Gasteiger partial charge in [0.15, 0.2) is 5.84 Å². The zero-order valence-electron chi connectivity index (χ0n) is 19.4. The van der Waals surface area contributed by atoms with Crippen molar-refractivity contribution in [2.75, 3.05) is 20.3 Å². The summed E-state index contributed by atoms with van der Waals surface area (Å²) in [7, 11) is 1.58. The van der Waals surface area contributed by atoms with Gasteiger partial charge in [0.2, 0.25) is 0 Å². The fourth-order valence-corrected chi connectivity index (χ4v) is 4.34. The monoisotopic (exact) mass is 478 g/mol. The molecular formula is C25H23FN4O5. The van der Waals surface area contributed by atoms with Crippen LogP contribution in [0, 0.1) is 19.7 Å². The smallest absolute Gasteiger partial charge is 0.377 e. The topological polar surface area (TPSA) is 98.4 Å². The fourth-order valence-electron chi connectivity index (χ4n) is 4.34. The number of aromatic nitrogens is 2. The van der Waals surface area contributed by atoms with Gasteiger partial charge in [-0.3, -0.25) is 4.90 Å². The Bertz CT molecular complexity index is 1360. The Morgan fingerprint density at radius 3 is 2.74 bits per heavy atom. The van der Waals surface area contributed by atoms with E-state index in [-0.39, 0.29) is 24.6 Å². The van der Waals surface area contributed by atoms with E-state index in [0.29, 0.717) is 22.6 Å². The number of amidine groups is 1. The summed E-state index contributed by atoms with van der Waals surface area (Å²) in [6.45, 7) is 3.90. The van der Waals surface area contributed by atoms with E-state index >= 15 is 0 Å². The Labute approximate surface area is 200 Å². The first-order valence-electron chi connectivity index (χ1n) is 10.9. The number of ether oxygens (including phenoxy) is 2. The van der Waals surface area contributed by atoms with Gasteiger partial charge in [-0.05, 0) is 55.8 Å². The molecule has 0 saturated heterocycles. The Morgan fingerprint density at radius 1 is 1.23 bits per heavy atom. The molecule has 3 aromatic rings. The second-order valence-electron chi connectivity index (χ2n) is 8.32. The molecule has 1 unspecified atom stereocenters. The molecule has 2 aliphatic rings. The van der Waals surface area contributed by atoms with Gasteiger partial charge in [0.05, 0.1) is 31.4 Å². The van der Waals surface area contributed by atoms with Gasteiger partial charge in [-0.15, -0.1) is 0 Å². The van der Waals surface area contributed by atoms with Gasteiger partial charge in [-0.25, -0.2) is 14.2 Å². The number of imidazole rings is 1. The zero-order chi connectivity index (χ0) is 24.7. The van der Waals surface area contributed by atoms with Crippen LogP contribution in [0.2, 0.25) is 0 Å². The molecule has 5 rings (SSSR count). The minimum absolute atomic E-state index is 0.139. The maximum atomic E-state index is 14.2. The number of oxime groups is 1. The number of carbonyl (C=O) groups is 1. The molecular weight excluding hydrogens is 455 g/mol. The number of aryl methyl sites for hydroxylation is 2. The number of rotatable bonds is 5. The molecule has 0 saturated carbocycles. The van der Waals surface area contributed by atoms with Crippen molar-refractivity contribution in [2.45, 2.75) is 19.6 Å². The molecule has 1 atom stereocenters. The second kappa shape index (κ2) is 8.46. The number of fused-ring (bicyclic) bond motifs is 1. The van der Waals surface area contributed by atoms with Crippen molar-refractivity contribution < 1.29 is 28.6 Å². The fraction of sp³-hybridized carbons (Fsp3) is 0.240. The quantitative estimate of drug-likeness (QED) is 0.598. The maximum Gasteiger partial charge on any atom is 0.377 e. The highest BCUT2D eigenvalue weighted by molar-refractivity contribution is 6.02. The Morgan fingerprint density at radius 2 is 2.06 bits per heavy atom. The van der Waals surface area contributed by atoms with Crippen LogP contribution in [0.4, 0.5) is 4.39 Å². The maximum absolute atomic E-state index is 14.2. The van der Waals surface area contributed by atoms with Crippen LogP contribution >= 0.6 is 0 Å². The predicted molar refractivity (Wildman–Crippen MR) is 124 cm³/mol. The summed E-state index contributed by atoms with van der Waals surface area (Å²) in [6, 6.07) is 9.62. The number of aliphatic carboxylic acids is 1. The molecule has 1 N–H and O–H groups in total. The third-order valence-corrected chi connectivity index (χ3v) is 5.94. The summed E-state index contributed by atoms with van der Waals surface area (Å²) in [5.41, 5.74) is 1.10. The molecule has 0 spiro atoms. The largest absolute Gasteiger partial charge is 0.495 e. The molecule has 0 bridgehead atoms. The predicted octanol–water partition coefficient (Wildman–Crippen LogP) is 3.59. The first-order chi connectivity index (χ1) is 16.8. The molecule has 0 aliphatic carbocycles. The molecule has 1 aromatic heterocycles. The van der Waals surface area contributed by atoms with Crippen LogP contribution in [-0.4, -0.2) is 51.6 Å². The molecule has 0 radical (unpaired) electrons. The van der Waals surface area contributed by atoms with E-state index in [1.54, 1.807) is 32.5 Å². The molecule has 2 aromatic carbocycles. The lowest BCUT2D eigenvalue weighted by Gasteiger charge is -2.32. The number of hydrogen-bond acceptors (Lipinski definition) is 7. The summed E-state index contributed by atoms with van der Waals surface area (Å²) in [5, 5.41) is 14.2. The van der Waals surface area contributed by atoms with Crippen LogP contribution in [0.1, 0.15) is 22.4 Å². The van der Waals surface area contributed by atoms with Crippen molar-refractivity contribution in [1.82, 2.24) is 14.5 Å². The van der Waals surface area contributed by atoms with Gasteiger partial charge in [-0.1, -0.05) is 5.16 Å². The van der Waals surface area contributed by atoms with Gasteiger partial charge < -0.3 is 24.0 Å². The Balaban J connectivity index is 1.52. The van der Waals surface area contributed by atoms with E-state index in [2.05, 4.69) is 10.1 Å². The number of benzene rings is 2. The van der Waals surface area contributed by atoms with Crippen LogP contribution in [0.3, 0.4) is 0 Å². The van der Waals surface area contributed by atoms with Gasteiger partial charge in [0.1, 0.15) is 23.9 Å². The van der Waals surface area contributed by atoms with E-state index in [4.69, 9.17) is 14.3 Å². The summed E-state index contributed by atoms with van der Waals surface area (Å²) < 4.78 is 27.6. The minimum atomic E-state index is -2.00. The van der Waals surface area contributed by atoms with E-state index in [1.807, 2.05) is 35.9 Å². The van der Waals surface area contributed by atoms with E-state index < -0.39 is 17.5 Å². The van der Waals surface area contributed by atoms with Crippen LogP contribution in [0.15, 0.2) is 60.2 Å². The van der Waals surface area contributed by atoms with Crippen LogP contribution in [-0.2, 0) is 20.1 Å². The van der Waals surface area contributed by atoms with Crippen LogP contribution in [0.5, 0.6) is 5.75 Å². The first kappa shape index (κ1) is 22.5. The molecule has 0 fully saturated rings. The summed E-state index contributed by atoms with van der Waals surface area (Å²) >= 11 is 0. The molecule has 3 heterocycles. The Hall–Kier alpha value is -4.34. The Kier molecular flexibility index (Phi) is 5.43. The summed E-state index contributed by atoms with van der Waals surface area (Å²) in [4.78, 5) is 23.7. The normalized spacial score (nSPS) is 19.1. The zero-order valence-corrected chi connectivity index (χ0v) is 19.4. The van der Waals surface area contributed by atoms with Crippen LogP contribution < -0.4 is 4.74 Å². The van der Waals surface area contributed by atoms with Crippen LogP contribution in [0.25, 0.3) is 11.4 Å². The number of methoxy groups -OCH3 is 1. The van der Waals surface area contributed by atoms with E-state index in [1.165, 1.54) is 11.0 Å². The highest BCUT2D eigenvalue weighted by Gasteiger charge is 2.55. The van der Waals surface area contributed by atoms with Crippen molar-refractivity contribution in [3.63, 3.8) is 0 Å². The van der Waals surface area contributed by atoms with Crippen molar-refractivity contribution >= 4 is 17.6 Å². The lowest BCUT2D eigenvalue weighted by Crippen LogP contribution is -2.52. The first-order valence-corrected chi connectivity index (χ1v) is 10.9. The van der Waals surface area contributed by atoms with Gasteiger partial charge in [0, 0.05) is 23.4 Å². The van der Waals surface area contributed by atoms with Gasteiger partial charge in [0.25, 0.3) is 0 Å². The number of carboxylic acids is 1. The standard InChI is InChI=1S/C25H23FN4O5/c1-15-8-18(11-19(26)9-15)25(24(31)32)30-6-7-34-21(12-23(30)28-35-25)17-4-5-20(22(10-17)33-3)29-13-16(2)27-14-29/h4-5,8-14H,6-7H2,1-3H3,(H,31,32). The molecule has 0 amide bonds. The average Bonchev–Trinajstić information content (AvgIpc) is 3.35. The van der Waals surface area contributed by atoms with Gasteiger partial charge >= 0.3 is 11.7 Å². The number of nitrogens with zero attached hydrogens (tertiary/aromatic N) is 4. The van der Waals surface area contributed by atoms with Gasteiger partial charge in [-0.2, -0.15) is 0 Å². The van der Waals surface area contributed by atoms with Crippen molar-refractivity contribution in [1.29, 1.82) is 0 Å². The second-order valence-corrected chi connectivity index (χ2v) is 8.32. The summed E-state index contributed by atoms with van der Waals surface area (Å²) in [6.07, 6.45) is 5.21. The van der Waals surface area contributed by atoms with Crippen molar-refractivity contribution in [3.8, 4) is 11.4 Å². The highest BCUT2D eigenvalue weighted by atomic mass is 19.1. The number of halogens is 1. The average molecular weight is 478 g/mol. The molecule has 10 heteroatoms. The molecule has 2 aliphatic heterocycles. The number of hydrogen-bond donors (Lipinski definition) is 1. The number of carboxylic acid groups (broad SMARTS) is 1. The third kappa shape index (κ3) is 3.76. The molecule has 180 valence electrons. The lowest BCUT2D eigenvalue weighted by molar-refractivity contribution is -0.183. The lowest BCUT2D eigenvalue weighted by atomic mass is 9.98. The van der Waals surface area contributed by atoms with Crippen molar-refractivity contribution in [2.24, 2.45) is 5.16 Å². The molecule has 35 heavy (non-hydrogen) atoms.